The van der Waals surface area contributed by atoms with Crippen molar-refractivity contribution in [1.29, 1.82) is 0 Å². The lowest BCUT2D eigenvalue weighted by Gasteiger charge is -2.21. The summed E-state index contributed by atoms with van der Waals surface area (Å²) in [6.45, 7) is 3.00. The van der Waals surface area contributed by atoms with Crippen LogP contribution in [0.15, 0.2) is 24.3 Å². The predicted molar refractivity (Wildman–Crippen MR) is 82.7 cm³/mol. The lowest BCUT2D eigenvalue weighted by Crippen LogP contribution is -2.30. The van der Waals surface area contributed by atoms with Crippen molar-refractivity contribution >= 4 is 11.6 Å². The van der Waals surface area contributed by atoms with E-state index in [1.165, 1.54) is 5.56 Å². The van der Waals surface area contributed by atoms with Gasteiger partial charge in [-0.1, -0.05) is 12.1 Å². The number of piperidine rings is 1. The Balaban J connectivity index is 1.81. The molecule has 1 aromatic rings. The summed E-state index contributed by atoms with van der Waals surface area (Å²) in [5.41, 5.74) is 2.15. The largest absolute Gasteiger partial charge is 0.326 e. The molecule has 0 aliphatic carbocycles. The summed E-state index contributed by atoms with van der Waals surface area (Å²) < 4.78 is 0. The zero-order chi connectivity index (χ0) is 14.4. The van der Waals surface area contributed by atoms with Gasteiger partial charge in [0.2, 0.25) is 5.91 Å². The molecular formula is C16H25N3O. The van der Waals surface area contributed by atoms with Crippen molar-refractivity contribution in [2.24, 2.45) is 5.92 Å². The molecule has 1 saturated heterocycles. The van der Waals surface area contributed by atoms with Gasteiger partial charge >= 0.3 is 0 Å². The third-order valence-electron chi connectivity index (χ3n) is 3.67. The third kappa shape index (κ3) is 4.94. The van der Waals surface area contributed by atoms with Gasteiger partial charge in [0.25, 0.3) is 0 Å². The average Bonchev–Trinajstić information content (AvgIpc) is 2.41. The smallest absolute Gasteiger partial charge is 0.224 e. The summed E-state index contributed by atoms with van der Waals surface area (Å²) in [5, 5.41) is 6.32. The van der Waals surface area contributed by atoms with Gasteiger partial charge < -0.3 is 15.5 Å². The van der Waals surface area contributed by atoms with Gasteiger partial charge in [-0.15, -0.1) is 0 Å². The lowest BCUT2D eigenvalue weighted by atomic mass is 9.94. The molecular weight excluding hydrogens is 250 g/mol. The van der Waals surface area contributed by atoms with Crippen molar-refractivity contribution in [3.8, 4) is 0 Å². The Morgan fingerprint density at radius 2 is 1.90 bits per heavy atom. The molecule has 1 aliphatic rings. The second-order valence-corrected chi connectivity index (χ2v) is 5.88. The third-order valence-corrected chi connectivity index (χ3v) is 3.67. The van der Waals surface area contributed by atoms with E-state index in [1.54, 1.807) is 0 Å². The van der Waals surface area contributed by atoms with Crippen LogP contribution in [0.5, 0.6) is 0 Å². The van der Waals surface area contributed by atoms with Crippen LogP contribution >= 0.6 is 0 Å². The first kappa shape index (κ1) is 15.0. The van der Waals surface area contributed by atoms with Crippen LogP contribution in [0.2, 0.25) is 0 Å². The van der Waals surface area contributed by atoms with Crippen LogP contribution in [0.1, 0.15) is 24.8 Å². The molecule has 0 saturated carbocycles. The normalized spacial score (nSPS) is 16.4. The maximum atomic E-state index is 12.0. The predicted octanol–water partition coefficient (Wildman–Crippen LogP) is 2.08. The topological polar surface area (TPSA) is 44.4 Å². The monoisotopic (exact) mass is 275 g/mol. The van der Waals surface area contributed by atoms with E-state index in [0.29, 0.717) is 12.3 Å². The minimum Gasteiger partial charge on any atom is -0.326 e. The quantitative estimate of drug-likeness (QED) is 0.864. The zero-order valence-electron chi connectivity index (χ0n) is 12.5. The molecule has 1 fully saturated rings. The lowest BCUT2D eigenvalue weighted by molar-refractivity contribution is -0.117. The molecule has 0 atom stereocenters. The number of hydrogen-bond donors (Lipinski definition) is 2. The number of carbonyl (C=O) groups is 1. The fraction of sp³-hybridized carbons (Fsp3) is 0.562. The van der Waals surface area contributed by atoms with Crippen LogP contribution in [0.25, 0.3) is 0 Å². The van der Waals surface area contributed by atoms with Crippen LogP contribution in [-0.2, 0) is 11.3 Å². The molecule has 0 unspecified atom stereocenters. The molecule has 20 heavy (non-hydrogen) atoms. The van der Waals surface area contributed by atoms with Crippen molar-refractivity contribution in [2.75, 3.05) is 32.5 Å². The number of nitrogens with one attached hydrogen (secondary N) is 2. The van der Waals surface area contributed by atoms with E-state index in [9.17, 15) is 4.79 Å². The van der Waals surface area contributed by atoms with Crippen LogP contribution < -0.4 is 10.6 Å². The highest BCUT2D eigenvalue weighted by Gasteiger charge is 2.16. The van der Waals surface area contributed by atoms with Gasteiger partial charge in [-0.3, -0.25) is 4.79 Å². The van der Waals surface area contributed by atoms with E-state index in [0.717, 1.165) is 38.2 Å². The first-order chi connectivity index (χ1) is 9.63. The molecule has 0 aromatic heterocycles. The number of anilines is 1. The molecule has 1 heterocycles. The van der Waals surface area contributed by atoms with Crippen LogP contribution in [0, 0.1) is 5.92 Å². The van der Waals surface area contributed by atoms with E-state index < -0.39 is 0 Å². The number of hydrogen-bond acceptors (Lipinski definition) is 3. The van der Waals surface area contributed by atoms with Crippen LogP contribution in [0.3, 0.4) is 0 Å². The summed E-state index contributed by atoms with van der Waals surface area (Å²) >= 11 is 0. The van der Waals surface area contributed by atoms with Gasteiger partial charge in [0.1, 0.15) is 0 Å². The summed E-state index contributed by atoms with van der Waals surface area (Å²) in [7, 11) is 4.10. The van der Waals surface area contributed by atoms with Crippen molar-refractivity contribution < 1.29 is 4.79 Å². The number of benzene rings is 1. The van der Waals surface area contributed by atoms with Gasteiger partial charge in [-0.2, -0.15) is 0 Å². The highest BCUT2D eigenvalue weighted by Crippen LogP contribution is 2.17. The summed E-state index contributed by atoms with van der Waals surface area (Å²) in [6, 6.07) is 8.11. The van der Waals surface area contributed by atoms with Gasteiger partial charge in [-0.25, -0.2) is 0 Å². The Labute approximate surface area is 121 Å². The highest BCUT2D eigenvalue weighted by atomic mass is 16.1. The van der Waals surface area contributed by atoms with E-state index >= 15 is 0 Å². The van der Waals surface area contributed by atoms with Crippen LogP contribution in [-0.4, -0.2) is 38.0 Å². The van der Waals surface area contributed by atoms with E-state index in [4.69, 9.17) is 0 Å². The Bertz CT molecular complexity index is 422. The van der Waals surface area contributed by atoms with Crippen LogP contribution in [0.4, 0.5) is 5.69 Å². The Hall–Kier alpha value is -1.39. The van der Waals surface area contributed by atoms with Crippen molar-refractivity contribution in [3.63, 3.8) is 0 Å². The van der Waals surface area contributed by atoms with Gasteiger partial charge in [-0.05, 0) is 63.6 Å². The first-order valence-corrected chi connectivity index (χ1v) is 7.38. The Morgan fingerprint density at radius 1 is 1.25 bits per heavy atom. The fourth-order valence-corrected chi connectivity index (χ4v) is 2.62. The molecule has 1 amide bonds. The minimum absolute atomic E-state index is 0.136. The zero-order valence-corrected chi connectivity index (χ0v) is 12.5. The van der Waals surface area contributed by atoms with Crippen molar-refractivity contribution in [3.05, 3.63) is 29.8 Å². The van der Waals surface area contributed by atoms with E-state index in [-0.39, 0.29) is 5.91 Å². The van der Waals surface area contributed by atoms with Gasteiger partial charge in [0.05, 0.1) is 0 Å². The molecule has 0 radical (unpaired) electrons. The molecule has 0 bridgehead atoms. The molecule has 0 spiro atoms. The number of carbonyl (C=O) groups excluding carboxylic acids is 1. The minimum atomic E-state index is 0.136. The second kappa shape index (κ2) is 7.41. The SMILES string of the molecule is CN(C)Cc1ccc(NC(=O)CC2CCNCC2)cc1. The number of nitrogens with zero attached hydrogens (tertiary/aromatic N) is 1. The van der Waals surface area contributed by atoms with Gasteiger partial charge in [0, 0.05) is 18.7 Å². The van der Waals surface area contributed by atoms with E-state index in [2.05, 4.69) is 41.8 Å². The molecule has 1 aliphatic heterocycles. The Kier molecular flexibility index (Phi) is 5.56. The molecule has 4 nitrogen and oxygen atoms in total. The average molecular weight is 275 g/mol. The standard InChI is InChI=1S/C16H25N3O/c1-19(2)12-14-3-5-15(6-4-14)18-16(20)11-13-7-9-17-10-8-13/h3-6,13,17H,7-12H2,1-2H3,(H,18,20). The maximum absolute atomic E-state index is 12.0. The summed E-state index contributed by atoms with van der Waals surface area (Å²) in [6.07, 6.45) is 2.85. The van der Waals surface area contributed by atoms with Crippen molar-refractivity contribution in [1.82, 2.24) is 10.2 Å². The molecule has 2 N–H and O–H groups in total. The summed E-state index contributed by atoms with van der Waals surface area (Å²) in [5.74, 6) is 0.668. The van der Waals surface area contributed by atoms with Crippen molar-refractivity contribution in [2.45, 2.75) is 25.8 Å². The summed E-state index contributed by atoms with van der Waals surface area (Å²) in [4.78, 5) is 14.1. The molecule has 110 valence electrons. The molecule has 2 rings (SSSR count). The second-order valence-electron chi connectivity index (χ2n) is 5.88. The number of rotatable bonds is 5. The molecule has 4 heteroatoms. The molecule has 1 aromatic carbocycles. The van der Waals surface area contributed by atoms with Gasteiger partial charge in [0.15, 0.2) is 0 Å². The first-order valence-electron chi connectivity index (χ1n) is 7.38. The maximum Gasteiger partial charge on any atom is 0.224 e. The highest BCUT2D eigenvalue weighted by molar-refractivity contribution is 5.90. The number of amides is 1. The fourth-order valence-electron chi connectivity index (χ4n) is 2.62. The Morgan fingerprint density at radius 3 is 2.50 bits per heavy atom. The van der Waals surface area contributed by atoms with E-state index in [1.807, 2.05) is 12.1 Å².